The zero-order valence-corrected chi connectivity index (χ0v) is 15.9. The van der Waals surface area contributed by atoms with Crippen molar-refractivity contribution in [3.05, 3.63) is 16.3 Å². The molecule has 3 aliphatic rings. The first-order valence-corrected chi connectivity index (χ1v) is 10.0. The number of aryl methyl sites for hydroxylation is 1. The van der Waals surface area contributed by atoms with Crippen LogP contribution in [0.4, 0.5) is 13.2 Å². The van der Waals surface area contributed by atoms with E-state index in [-0.39, 0.29) is 24.4 Å². The summed E-state index contributed by atoms with van der Waals surface area (Å²) in [4.78, 5) is 37.5. The van der Waals surface area contributed by atoms with Crippen LogP contribution >= 0.6 is 23.1 Å². The van der Waals surface area contributed by atoms with E-state index in [0.717, 1.165) is 9.91 Å². The average Bonchev–Trinajstić information content (AvgIpc) is 3.17. The lowest BCUT2D eigenvalue weighted by Crippen LogP contribution is -2.74. The van der Waals surface area contributed by atoms with Crippen molar-refractivity contribution in [1.29, 1.82) is 0 Å². The van der Waals surface area contributed by atoms with E-state index in [4.69, 9.17) is 0 Å². The number of amides is 2. The highest BCUT2D eigenvalue weighted by Gasteiger charge is 2.65. The minimum atomic E-state index is -5.08. The lowest BCUT2D eigenvalue weighted by Gasteiger charge is -2.53. The summed E-state index contributed by atoms with van der Waals surface area (Å²) >= 11 is 2.61. The van der Waals surface area contributed by atoms with E-state index in [1.165, 1.54) is 23.1 Å². The third-order valence-corrected chi connectivity index (χ3v) is 7.12. The Bertz CT molecular complexity index is 915. The molecular weight excluding hydrogens is 421 g/mol. The Hall–Kier alpha value is -2.15. The molecule has 150 valence electrons. The fourth-order valence-corrected chi connectivity index (χ4v) is 5.97. The quantitative estimate of drug-likeness (QED) is 0.562. The van der Waals surface area contributed by atoms with Crippen molar-refractivity contribution >= 4 is 40.9 Å². The maximum absolute atomic E-state index is 12.9. The SMILES string of the molecule is Cc1nnc(SCC2=C(C(=O)O)N3C(=O)[C@@H]4[C@H]3C2CCN4C(=O)C(F)(F)F)s1. The first kappa shape index (κ1) is 19.2. The molecule has 0 spiro atoms. The Kier molecular flexibility index (Phi) is 4.41. The number of likely N-dealkylation sites (tertiary alicyclic amines) is 1. The number of carboxylic acid groups (broad SMARTS) is 1. The fraction of sp³-hybridized carbons (Fsp3) is 0.533. The van der Waals surface area contributed by atoms with E-state index in [1.54, 1.807) is 6.92 Å². The van der Waals surface area contributed by atoms with E-state index in [1.807, 2.05) is 0 Å². The zero-order chi connectivity index (χ0) is 20.4. The van der Waals surface area contributed by atoms with Crippen molar-refractivity contribution < 1.29 is 32.7 Å². The molecule has 1 aromatic heterocycles. The molecule has 3 aliphatic heterocycles. The third-order valence-electron chi connectivity index (χ3n) is 5.10. The van der Waals surface area contributed by atoms with Gasteiger partial charge >= 0.3 is 18.1 Å². The molecule has 2 saturated heterocycles. The predicted molar refractivity (Wildman–Crippen MR) is 90.3 cm³/mol. The second-order valence-corrected chi connectivity index (χ2v) is 8.99. The predicted octanol–water partition coefficient (Wildman–Crippen LogP) is 1.28. The van der Waals surface area contributed by atoms with E-state index in [0.29, 0.717) is 14.8 Å². The highest BCUT2D eigenvalue weighted by Crippen LogP contribution is 2.50. The highest BCUT2D eigenvalue weighted by atomic mass is 32.2. The van der Waals surface area contributed by atoms with Crippen LogP contribution in [0.25, 0.3) is 0 Å². The average molecular weight is 434 g/mol. The number of nitrogens with zero attached hydrogens (tertiary/aromatic N) is 4. The largest absolute Gasteiger partial charge is 0.477 e. The molecule has 0 radical (unpaired) electrons. The lowest BCUT2D eigenvalue weighted by molar-refractivity contribution is -0.198. The molecule has 0 aromatic carbocycles. The zero-order valence-electron chi connectivity index (χ0n) is 14.3. The molecular formula is C15H13F3N4O4S2. The van der Waals surface area contributed by atoms with Crippen molar-refractivity contribution in [3.63, 3.8) is 0 Å². The summed E-state index contributed by atoms with van der Waals surface area (Å²) in [6.45, 7) is 1.53. The molecule has 13 heteroatoms. The molecule has 4 rings (SSSR count). The number of aromatic nitrogens is 2. The molecule has 8 nitrogen and oxygen atoms in total. The van der Waals surface area contributed by atoms with Crippen LogP contribution < -0.4 is 0 Å². The molecule has 0 aliphatic carbocycles. The number of carboxylic acids is 1. The van der Waals surface area contributed by atoms with Crippen LogP contribution in [0.2, 0.25) is 0 Å². The number of β-lactam (4-membered cyclic amide) rings is 1. The van der Waals surface area contributed by atoms with Crippen molar-refractivity contribution in [1.82, 2.24) is 20.0 Å². The number of carbonyl (C=O) groups excluding carboxylic acids is 2. The van der Waals surface area contributed by atoms with Gasteiger partial charge in [0.15, 0.2) is 4.34 Å². The number of carbonyl (C=O) groups is 3. The molecule has 28 heavy (non-hydrogen) atoms. The number of piperidine rings is 1. The molecule has 2 fully saturated rings. The second-order valence-electron chi connectivity index (χ2n) is 6.59. The van der Waals surface area contributed by atoms with E-state index >= 15 is 0 Å². The lowest BCUT2D eigenvalue weighted by atomic mass is 9.78. The van der Waals surface area contributed by atoms with Crippen LogP contribution in [0.5, 0.6) is 0 Å². The molecule has 1 N–H and O–H groups in total. The Labute approximate surface area is 164 Å². The summed E-state index contributed by atoms with van der Waals surface area (Å²) in [6.07, 6.45) is -4.92. The van der Waals surface area contributed by atoms with Gasteiger partial charge < -0.3 is 10.0 Å². The number of aliphatic carboxylic acids is 1. The normalized spacial score (nSPS) is 26.4. The van der Waals surface area contributed by atoms with Gasteiger partial charge in [-0.2, -0.15) is 13.2 Å². The molecule has 0 saturated carbocycles. The molecule has 2 amide bonds. The Morgan fingerprint density at radius 1 is 1.36 bits per heavy atom. The summed E-state index contributed by atoms with van der Waals surface area (Å²) in [5, 5.41) is 18.2. The Balaban J connectivity index is 1.61. The Morgan fingerprint density at radius 3 is 2.64 bits per heavy atom. The molecule has 3 atom stereocenters. The fourth-order valence-electron chi connectivity index (χ4n) is 4.05. The standard InChI is InChI=1S/C15H13F3N4O4S2/c1-5-19-20-14(28-5)27-4-7-6-2-3-21(13(26)15(16,17)18)10-8(6)22(11(10)23)9(7)12(24)25/h6,8,10H,2-4H2,1H3,(H,24,25)/t6?,8-,10+/m1/s1. The van der Waals surface area contributed by atoms with Gasteiger partial charge in [-0.25, -0.2) is 4.79 Å². The van der Waals surface area contributed by atoms with Crippen LogP contribution in [0.15, 0.2) is 15.6 Å². The first-order chi connectivity index (χ1) is 13.1. The van der Waals surface area contributed by atoms with Crippen molar-refractivity contribution in [3.8, 4) is 0 Å². The summed E-state index contributed by atoms with van der Waals surface area (Å²) < 4.78 is 39.2. The summed E-state index contributed by atoms with van der Waals surface area (Å²) in [5.41, 5.74) is 0.302. The van der Waals surface area contributed by atoms with Crippen LogP contribution in [-0.2, 0) is 14.4 Å². The van der Waals surface area contributed by atoms with Crippen molar-refractivity contribution in [2.45, 2.75) is 35.9 Å². The molecule has 1 aromatic rings. The molecule has 1 unspecified atom stereocenters. The van der Waals surface area contributed by atoms with Gasteiger partial charge in [-0.15, -0.1) is 10.2 Å². The van der Waals surface area contributed by atoms with Crippen LogP contribution in [0.3, 0.4) is 0 Å². The van der Waals surface area contributed by atoms with Crippen molar-refractivity contribution in [2.24, 2.45) is 5.92 Å². The monoisotopic (exact) mass is 434 g/mol. The number of hydrogen-bond donors (Lipinski definition) is 1. The number of thioether (sulfide) groups is 1. The summed E-state index contributed by atoms with van der Waals surface area (Å²) in [7, 11) is 0. The van der Waals surface area contributed by atoms with Gasteiger partial charge in [0.2, 0.25) is 0 Å². The highest BCUT2D eigenvalue weighted by molar-refractivity contribution is 8.01. The van der Waals surface area contributed by atoms with Crippen LogP contribution in [0.1, 0.15) is 11.4 Å². The van der Waals surface area contributed by atoms with Gasteiger partial charge in [0.25, 0.3) is 5.91 Å². The van der Waals surface area contributed by atoms with Gasteiger partial charge in [-0.1, -0.05) is 23.1 Å². The van der Waals surface area contributed by atoms with Gasteiger partial charge in [-0.05, 0) is 18.9 Å². The van der Waals surface area contributed by atoms with Gasteiger partial charge in [0, 0.05) is 18.2 Å². The minimum Gasteiger partial charge on any atom is -0.477 e. The van der Waals surface area contributed by atoms with E-state index < -0.39 is 42.0 Å². The number of rotatable bonds is 4. The summed E-state index contributed by atoms with van der Waals surface area (Å²) in [5.74, 6) is -4.31. The van der Waals surface area contributed by atoms with Crippen LogP contribution in [-0.4, -0.2) is 73.4 Å². The Morgan fingerprint density at radius 2 is 2.07 bits per heavy atom. The maximum atomic E-state index is 12.9. The van der Waals surface area contributed by atoms with Crippen LogP contribution in [0, 0.1) is 12.8 Å². The first-order valence-electron chi connectivity index (χ1n) is 8.21. The molecule has 0 bridgehead atoms. The van der Waals surface area contributed by atoms with E-state index in [9.17, 15) is 32.7 Å². The number of hydrogen-bond acceptors (Lipinski definition) is 7. The van der Waals surface area contributed by atoms with E-state index in [2.05, 4.69) is 10.2 Å². The third kappa shape index (κ3) is 2.79. The maximum Gasteiger partial charge on any atom is 0.471 e. The minimum absolute atomic E-state index is 0.161. The summed E-state index contributed by atoms with van der Waals surface area (Å²) in [6, 6.07) is -2.03. The van der Waals surface area contributed by atoms with Gasteiger partial charge in [0.1, 0.15) is 16.7 Å². The van der Waals surface area contributed by atoms with Gasteiger partial charge in [0.05, 0.1) is 6.04 Å². The number of alkyl halides is 3. The van der Waals surface area contributed by atoms with Gasteiger partial charge in [-0.3, -0.25) is 14.5 Å². The van der Waals surface area contributed by atoms with Crippen molar-refractivity contribution in [2.75, 3.05) is 12.3 Å². The second kappa shape index (κ2) is 6.44. The smallest absolute Gasteiger partial charge is 0.471 e. The number of halogens is 3. The molecule has 4 heterocycles. The topological polar surface area (TPSA) is 104 Å².